The van der Waals surface area contributed by atoms with Crippen LogP contribution in [0.4, 0.5) is 0 Å². The van der Waals surface area contributed by atoms with E-state index in [1.807, 2.05) is 42.5 Å². The van der Waals surface area contributed by atoms with Gasteiger partial charge in [0.1, 0.15) is 6.29 Å². The molecule has 0 aliphatic carbocycles. The summed E-state index contributed by atoms with van der Waals surface area (Å²) in [5.41, 5.74) is 2.35. The Bertz CT molecular complexity index is 608. The minimum absolute atomic E-state index is 0.0942. The molecule has 2 rings (SSSR count). The Kier molecular flexibility index (Phi) is 9.30. The standard InChI is InChI=1S/C22H26O3/c23-16-8-7-14-22(25-19-21-12-5-2-6-13-21)15-9-17-24-18-20-10-3-1-4-11-20/h1-8,10-13,16,22H,9,14-15,17-19H2/b8-7+. The van der Waals surface area contributed by atoms with Gasteiger partial charge in [-0.25, -0.2) is 0 Å². The number of aldehydes is 1. The molecule has 0 spiro atoms. The highest BCUT2D eigenvalue weighted by Crippen LogP contribution is 2.12. The first-order chi connectivity index (χ1) is 12.4. The van der Waals surface area contributed by atoms with Crippen LogP contribution >= 0.6 is 0 Å². The largest absolute Gasteiger partial charge is 0.377 e. The van der Waals surface area contributed by atoms with Crippen molar-refractivity contribution in [2.45, 2.75) is 38.6 Å². The summed E-state index contributed by atoms with van der Waals surface area (Å²) in [7, 11) is 0. The highest BCUT2D eigenvalue weighted by atomic mass is 16.5. The van der Waals surface area contributed by atoms with Crippen molar-refractivity contribution in [3.8, 4) is 0 Å². The van der Waals surface area contributed by atoms with E-state index in [1.165, 1.54) is 11.6 Å². The third-order valence-electron chi connectivity index (χ3n) is 3.87. The van der Waals surface area contributed by atoms with Gasteiger partial charge in [-0.3, -0.25) is 4.79 Å². The lowest BCUT2D eigenvalue weighted by molar-refractivity contribution is -0.104. The number of hydrogen-bond donors (Lipinski definition) is 0. The normalized spacial score (nSPS) is 12.3. The molecule has 3 nitrogen and oxygen atoms in total. The lowest BCUT2D eigenvalue weighted by Gasteiger charge is -2.16. The molecule has 2 aromatic rings. The number of allylic oxidation sites excluding steroid dienone is 1. The van der Waals surface area contributed by atoms with Crippen molar-refractivity contribution in [3.05, 3.63) is 83.9 Å². The van der Waals surface area contributed by atoms with Crippen molar-refractivity contribution in [1.82, 2.24) is 0 Å². The van der Waals surface area contributed by atoms with Crippen molar-refractivity contribution in [1.29, 1.82) is 0 Å². The zero-order chi connectivity index (χ0) is 17.6. The molecule has 0 heterocycles. The number of carbonyl (C=O) groups is 1. The molecule has 0 saturated carbocycles. The summed E-state index contributed by atoms with van der Waals surface area (Å²) in [6.07, 6.45) is 6.88. The molecule has 0 aliphatic heterocycles. The molecular weight excluding hydrogens is 312 g/mol. The van der Waals surface area contributed by atoms with Gasteiger partial charge in [0.2, 0.25) is 0 Å². The minimum atomic E-state index is 0.0942. The fraction of sp³-hybridized carbons (Fsp3) is 0.318. The van der Waals surface area contributed by atoms with E-state index in [4.69, 9.17) is 9.47 Å². The SMILES string of the molecule is O=C/C=C/CC(CCCOCc1ccccc1)OCc1ccccc1. The highest BCUT2D eigenvalue weighted by Gasteiger charge is 2.08. The number of carbonyl (C=O) groups excluding carboxylic acids is 1. The maximum atomic E-state index is 10.5. The zero-order valence-corrected chi connectivity index (χ0v) is 14.6. The summed E-state index contributed by atoms with van der Waals surface area (Å²) in [5, 5.41) is 0. The molecule has 0 N–H and O–H groups in total. The van der Waals surface area contributed by atoms with Crippen LogP contribution in [0.3, 0.4) is 0 Å². The molecule has 0 amide bonds. The van der Waals surface area contributed by atoms with Gasteiger partial charge in [-0.15, -0.1) is 0 Å². The van der Waals surface area contributed by atoms with E-state index in [-0.39, 0.29) is 6.10 Å². The molecule has 1 unspecified atom stereocenters. The van der Waals surface area contributed by atoms with Gasteiger partial charge in [-0.05, 0) is 36.5 Å². The highest BCUT2D eigenvalue weighted by molar-refractivity contribution is 5.64. The van der Waals surface area contributed by atoms with Crippen molar-refractivity contribution in [2.24, 2.45) is 0 Å². The summed E-state index contributed by atoms with van der Waals surface area (Å²) in [4.78, 5) is 10.5. The van der Waals surface area contributed by atoms with Gasteiger partial charge in [-0.2, -0.15) is 0 Å². The van der Waals surface area contributed by atoms with E-state index in [1.54, 1.807) is 0 Å². The molecule has 0 aliphatic rings. The second-order valence-electron chi connectivity index (χ2n) is 5.90. The zero-order valence-electron chi connectivity index (χ0n) is 14.6. The second-order valence-corrected chi connectivity index (χ2v) is 5.90. The first-order valence-electron chi connectivity index (χ1n) is 8.76. The molecule has 1 atom stereocenters. The van der Waals surface area contributed by atoms with Crippen molar-refractivity contribution >= 4 is 6.29 Å². The summed E-state index contributed by atoms with van der Waals surface area (Å²) >= 11 is 0. The molecule has 0 bridgehead atoms. The van der Waals surface area contributed by atoms with Crippen LogP contribution in [0.2, 0.25) is 0 Å². The smallest absolute Gasteiger partial charge is 0.142 e. The Morgan fingerprint density at radius 2 is 1.52 bits per heavy atom. The first-order valence-corrected chi connectivity index (χ1v) is 8.76. The number of hydrogen-bond acceptors (Lipinski definition) is 3. The number of ether oxygens (including phenoxy) is 2. The summed E-state index contributed by atoms with van der Waals surface area (Å²) in [6.45, 7) is 1.93. The van der Waals surface area contributed by atoms with Gasteiger partial charge in [0.05, 0.1) is 19.3 Å². The maximum absolute atomic E-state index is 10.5. The van der Waals surface area contributed by atoms with Crippen molar-refractivity contribution in [2.75, 3.05) is 6.61 Å². The Morgan fingerprint density at radius 3 is 2.16 bits per heavy atom. The minimum Gasteiger partial charge on any atom is -0.377 e. The van der Waals surface area contributed by atoms with Gasteiger partial charge < -0.3 is 9.47 Å². The van der Waals surface area contributed by atoms with Crippen LogP contribution < -0.4 is 0 Å². The van der Waals surface area contributed by atoms with Gasteiger partial charge in [0, 0.05) is 6.61 Å². The third kappa shape index (κ3) is 8.43. The van der Waals surface area contributed by atoms with Crippen molar-refractivity contribution < 1.29 is 14.3 Å². The van der Waals surface area contributed by atoms with Gasteiger partial charge in [-0.1, -0.05) is 66.7 Å². The monoisotopic (exact) mass is 338 g/mol. The lowest BCUT2D eigenvalue weighted by Crippen LogP contribution is -2.13. The van der Waals surface area contributed by atoms with Crippen molar-refractivity contribution in [3.63, 3.8) is 0 Å². The number of rotatable bonds is 12. The van der Waals surface area contributed by atoms with Crippen LogP contribution in [0.15, 0.2) is 72.8 Å². The van der Waals surface area contributed by atoms with E-state index in [0.717, 1.165) is 31.1 Å². The Labute approximate surface area is 150 Å². The Morgan fingerprint density at radius 1 is 0.880 bits per heavy atom. The topological polar surface area (TPSA) is 35.5 Å². The Balaban J connectivity index is 1.69. The van der Waals surface area contributed by atoms with Crippen LogP contribution in [0.1, 0.15) is 30.4 Å². The molecule has 0 radical (unpaired) electrons. The first kappa shape index (κ1) is 19.1. The summed E-state index contributed by atoms with van der Waals surface area (Å²) in [5.74, 6) is 0. The maximum Gasteiger partial charge on any atom is 0.142 e. The summed E-state index contributed by atoms with van der Waals surface area (Å²) < 4.78 is 11.7. The van der Waals surface area contributed by atoms with Crippen LogP contribution in [0, 0.1) is 0 Å². The van der Waals surface area contributed by atoms with Gasteiger partial charge in [0.15, 0.2) is 0 Å². The van der Waals surface area contributed by atoms with Crippen LogP contribution in [-0.4, -0.2) is 19.0 Å². The van der Waals surface area contributed by atoms with E-state index in [2.05, 4.69) is 24.3 Å². The van der Waals surface area contributed by atoms with Gasteiger partial charge in [0.25, 0.3) is 0 Å². The molecule has 0 saturated heterocycles. The predicted molar refractivity (Wildman–Crippen MR) is 100 cm³/mol. The summed E-state index contributed by atoms with van der Waals surface area (Å²) in [6, 6.07) is 20.3. The van der Waals surface area contributed by atoms with E-state index >= 15 is 0 Å². The molecule has 25 heavy (non-hydrogen) atoms. The Hall–Kier alpha value is -2.23. The van der Waals surface area contributed by atoms with Crippen LogP contribution in [0.5, 0.6) is 0 Å². The average Bonchev–Trinajstić information content (AvgIpc) is 2.67. The predicted octanol–water partition coefficient (Wildman–Crippen LogP) is 4.71. The quantitative estimate of drug-likeness (QED) is 0.319. The van der Waals surface area contributed by atoms with Crippen LogP contribution in [0.25, 0.3) is 0 Å². The fourth-order valence-electron chi connectivity index (χ4n) is 2.52. The molecule has 0 aromatic heterocycles. The second kappa shape index (κ2) is 12.2. The van der Waals surface area contributed by atoms with E-state index in [0.29, 0.717) is 19.8 Å². The average molecular weight is 338 g/mol. The fourth-order valence-corrected chi connectivity index (χ4v) is 2.52. The lowest BCUT2D eigenvalue weighted by atomic mass is 10.1. The van der Waals surface area contributed by atoms with Gasteiger partial charge >= 0.3 is 0 Å². The third-order valence-corrected chi connectivity index (χ3v) is 3.87. The molecule has 3 heteroatoms. The molecular formula is C22H26O3. The molecule has 2 aromatic carbocycles. The molecule has 132 valence electrons. The van der Waals surface area contributed by atoms with Crippen LogP contribution in [-0.2, 0) is 27.5 Å². The van der Waals surface area contributed by atoms with E-state index in [9.17, 15) is 4.79 Å². The molecule has 0 fully saturated rings. The van der Waals surface area contributed by atoms with E-state index < -0.39 is 0 Å². The number of benzene rings is 2.